The number of nitrogens with two attached hydrogens (primary N) is 4. The van der Waals surface area contributed by atoms with E-state index in [-0.39, 0.29) is 127 Å². The zero-order valence-electron chi connectivity index (χ0n) is 81.8. The van der Waals surface area contributed by atoms with Crippen molar-refractivity contribution in [2.75, 3.05) is 70.7 Å². The predicted octanol–water partition coefficient (Wildman–Crippen LogP) is 10.9. The summed E-state index contributed by atoms with van der Waals surface area (Å²) in [6.45, 7) is 11.7. The summed E-state index contributed by atoms with van der Waals surface area (Å²) in [6, 6.07) is 37.3. The third-order valence-electron chi connectivity index (χ3n) is 27.2. The summed E-state index contributed by atoms with van der Waals surface area (Å²) in [7, 11) is 13.7. The van der Waals surface area contributed by atoms with E-state index in [4.69, 9.17) is 22.9 Å². The largest absolute Gasteiger partial charge is 0.384 e. The Bertz CT molecular complexity index is 6250. The van der Waals surface area contributed by atoms with Crippen molar-refractivity contribution in [1.82, 2.24) is 78.2 Å². The molecule has 12 amide bonds. The van der Waals surface area contributed by atoms with Gasteiger partial charge in [-0.25, -0.2) is 29.9 Å². The van der Waals surface area contributed by atoms with Gasteiger partial charge >= 0.3 is 0 Å². The number of rotatable bonds is 31. The lowest BCUT2D eigenvalue weighted by Crippen LogP contribution is -2.69. The molecule has 11 aromatic rings. The number of amides is 12. The van der Waals surface area contributed by atoms with Crippen LogP contribution >= 0.6 is 11.3 Å². The molecule has 37 heteroatoms. The number of benzene rings is 2. The number of carbonyl (C=O) groups is 12. The molecule has 9 aromatic heterocycles. The molecular weight excluding hydrogens is 1800 g/mol. The molecule has 5 aliphatic rings. The molecule has 0 bridgehead atoms. The number of carbonyl (C=O) groups excluding carboxylic acids is 12. The van der Waals surface area contributed by atoms with Gasteiger partial charge in [-0.3, -0.25) is 101 Å². The van der Waals surface area contributed by atoms with Gasteiger partial charge in [-0.15, -0.1) is 11.3 Å². The lowest BCUT2D eigenvalue weighted by atomic mass is 9.77. The van der Waals surface area contributed by atoms with Crippen LogP contribution in [0.5, 0.6) is 0 Å². The number of hydrogen-bond donors (Lipinski definition) is 4. The molecule has 4 saturated heterocycles. The minimum Gasteiger partial charge on any atom is -0.384 e. The highest BCUT2D eigenvalue weighted by molar-refractivity contribution is 7.14. The summed E-state index contributed by atoms with van der Waals surface area (Å²) < 4.78 is 6.75. The van der Waals surface area contributed by atoms with Crippen molar-refractivity contribution in [3.8, 4) is 0 Å². The second-order valence-electron chi connectivity index (χ2n) is 37.1. The summed E-state index contributed by atoms with van der Waals surface area (Å²) >= 11 is 1.42. The number of nitrogens with zero attached hydrogens (tertiary/aromatic N) is 20. The molecule has 140 heavy (non-hydrogen) atoms. The Balaban J connectivity index is 0.000000157. The molecule has 1 saturated carbocycles. The quantitative estimate of drug-likeness (QED) is 0.0293. The maximum Gasteiger partial charge on any atom is 0.253 e. The van der Waals surface area contributed by atoms with E-state index >= 15 is 0 Å². The van der Waals surface area contributed by atoms with Gasteiger partial charge < -0.3 is 37.0 Å². The number of anilines is 8. The van der Waals surface area contributed by atoms with E-state index in [1.54, 1.807) is 147 Å². The highest BCUT2D eigenvalue weighted by Gasteiger charge is 2.59. The molecule has 0 spiro atoms. The van der Waals surface area contributed by atoms with Crippen molar-refractivity contribution >= 4 is 128 Å². The van der Waals surface area contributed by atoms with E-state index < -0.39 is 47.8 Å². The van der Waals surface area contributed by atoms with Crippen molar-refractivity contribution in [2.45, 2.75) is 186 Å². The van der Waals surface area contributed by atoms with Gasteiger partial charge in [-0.05, 0) is 188 Å². The van der Waals surface area contributed by atoms with E-state index in [9.17, 15) is 57.5 Å². The molecule has 5 fully saturated rings. The van der Waals surface area contributed by atoms with Gasteiger partial charge in [0.1, 0.15) is 47.4 Å². The van der Waals surface area contributed by atoms with E-state index in [1.807, 2.05) is 151 Å². The molecule has 36 nitrogen and oxygen atoms in total. The molecule has 16 rings (SSSR count). The molecule has 2 aromatic carbocycles. The summed E-state index contributed by atoms with van der Waals surface area (Å²) in [5.74, 6) is -3.34. The zero-order valence-corrected chi connectivity index (χ0v) is 82.6. The van der Waals surface area contributed by atoms with Crippen LogP contribution in [0.3, 0.4) is 0 Å². The van der Waals surface area contributed by atoms with Gasteiger partial charge in [-0.2, -0.15) is 10.2 Å². The van der Waals surface area contributed by atoms with Gasteiger partial charge in [0.25, 0.3) is 23.6 Å². The Labute approximate surface area is 818 Å². The van der Waals surface area contributed by atoms with Crippen LogP contribution in [0.4, 0.5) is 45.9 Å². The van der Waals surface area contributed by atoms with Gasteiger partial charge in [0, 0.05) is 149 Å². The summed E-state index contributed by atoms with van der Waals surface area (Å²) in [4.78, 5) is 196. The Morgan fingerprint density at radius 2 is 0.843 bits per heavy atom. The molecule has 8 N–H and O–H groups in total. The highest BCUT2D eigenvalue weighted by atomic mass is 32.1. The first-order chi connectivity index (χ1) is 66.9. The number of likely N-dealkylation sites (tertiary alicyclic amines) is 4. The van der Waals surface area contributed by atoms with E-state index in [2.05, 4.69) is 47.0 Å². The second-order valence-corrected chi connectivity index (χ2v) is 38.0. The van der Waals surface area contributed by atoms with Crippen molar-refractivity contribution in [3.05, 3.63) is 239 Å². The summed E-state index contributed by atoms with van der Waals surface area (Å²) in [5, 5.41) is 11.4. The van der Waals surface area contributed by atoms with Crippen molar-refractivity contribution in [2.24, 2.45) is 63.7 Å². The second kappa shape index (κ2) is 45.7. The first-order valence-corrected chi connectivity index (χ1v) is 48.3. The fourth-order valence-corrected chi connectivity index (χ4v) is 20.2. The molecule has 13 heterocycles. The monoisotopic (exact) mass is 1920 g/mol. The normalized spacial score (nSPS) is 19.0. The number of imide groups is 4. The molecular formula is C103H126N24O12S. The maximum absolute atomic E-state index is 13.7. The minimum absolute atomic E-state index is 0.0440. The SMILES string of the molecule is CC[C@@H](CC(=O)N1C(=O)[C@H](Cc2cc(C)nc(N)c2)[C@H]1C(=O)N(C)c1cn(C)cn1)c1ccccc1.CC[C@@H](CC(=O)N1C(=O)[C@H](Cc2cc(C)nc(N)c2)[C@H]1C(=O)N(C)c1nccn1C)c1ccccc1.CC[C@@H](CC(=O)N1C(=O)[C@H](Cc2ccnc(N)c2)[C@H]1C(=O)N(C)c1cccs1)c1ccn(C)n1.C[C@@H](CC(=O)N1C(=O)[C@H](Cc2ccnc(N)c2)[C@H]1C(=O)N(C)c1ccn(C)n1)C1CCCCC1. The van der Waals surface area contributed by atoms with Crippen LogP contribution in [0.2, 0.25) is 0 Å². The fourth-order valence-electron chi connectivity index (χ4n) is 19.5. The molecule has 12 atom stereocenters. The van der Waals surface area contributed by atoms with Crippen LogP contribution in [0.15, 0.2) is 189 Å². The number of nitrogen functional groups attached to an aromatic ring is 4. The number of hydrogen-bond acceptors (Lipinski definition) is 25. The van der Waals surface area contributed by atoms with Gasteiger partial charge in [-0.1, -0.05) is 120 Å². The summed E-state index contributed by atoms with van der Waals surface area (Å²) in [5.41, 5.74) is 31.0. The zero-order chi connectivity index (χ0) is 101. The Hall–Kier alpha value is -14.8. The first-order valence-electron chi connectivity index (χ1n) is 47.4. The number of thiophene rings is 1. The number of likely N-dealkylation sites (N-methyl/N-ethyl adjacent to an activating group) is 4. The molecule has 0 radical (unpaired) electrons. The Morgan fingerprint density at radius 1 is 0.429 bits per heavy atom. The van der Waals surface area contributed by atoms with E-state index in [1.165, 1.54) is 55.1 Å². The van der Waals surface area contributed by atoms with Crippen molar-refractivity contribution < 1.29 is 57.5 Å². The van der Waals surface area contributed by atoms with Gasteiger partial charge in [0.2, 0.25) is 53.2 Å². The van der Waals surface area contributed by atoms with Crippen LogP contribution in [0, 0.1) is 49.4 Å². The van der Waals surface area contributed by atoms with E-state index in [0.29, 0.717) is 72.5 Å². The number of pyridine rings is 4. The van der Waals surface area contributed by atoms with Crippen LogP contribution in [0.25, 0.3) is 0 Å². The topological polar surface area (TPSA) is 458 Å². The summed E-state index contributed by atoms with van der Waals surface area (Å²) in [6.07, 6.45) is 23.3. The van der Waals surface area contributed by atoms with Crippen LogP contribution in [0.1, 0.15) is 173 Å². The fraction of sp³-hybridized carbons (Fsp3) is 0.417. The number of aryl methyl sites for hydroxylation is 6. The standard InChI is InChI=1S/2C27H32N6O3.C25H34N6O3.C24H28N6O3S/c1-5-19(20-9-7-6-8-10-20)14-24(34)33-25(27(36)32(4)23-15-31(3)16-29-23)21(26(33)35)12-18-11-17(2)30-22(28)13-18;1-5-19(20-9-7-6-8-10-20)16-23(34)33-24(26(36)32(4)27-29-11-12-31(27)3)21(25(33)35)14-18-13-17(2)30-22(28)15-18;1-16(18-7-5-4-6-8-18)13-22(32)31-23(25(34)30(3)21-10-12-29(2)28-21)19(24(31)33)14-17-9-11-27-20(26)15-17;1-4-16(18-8-10-28(2)27-18)14-20(31)30-22(24(33)29(3)21-6-5-11-34-21)17(23(30)32)12-15-7-9-26-19(25)13-15/h6-11,13,15-16,19,21,25H,5,12,14H2,1-4H3,(H2,28,30);6-13,15,19,21,24H,5,14,16H2,1-4H3,(H2,28,30);9-12,15-16,18-19,23H,4-8,13-14H2,1-3H3,(H2,26,27);5-11,13,16-17,22H,4,12,14H2,1-3H3,(H2,25,26)/t19-,21+,25-;19-,21+,24-;16-,19+,23-;16-,17+,22-/m0000/s1. The molecule has 1 aliphatic carbocycles. The first kappa shape index (κ1) is 103. The van der Waals surface area contributed by atoms with E-state index in [0.717, 1.165) is 95.8 Å². The molecule has 736 valence electrons. The number of aromatic nitrogens is 12. The third-order valence-corrected chi connectivity index (χ3v) is 28.2. The lowest BCUT2D eigenvalue weighted by Gasteiger charge is -2.46. The highest BCUT2D eigenvalue weighted by Crippen LogP contribution is 2.42. The van der Waals surface area contributed by atoms with Crippen molar-refractivity contribution in [1.29, 1.82) is 0 Å². The average molecular weight is 1920 g/mol. The van der Waals surface area contributed by atoms with Crippen LogP contribution < -0.4 is 42.5 Å². The maximum atomic E-state index is 13.7. The molecule has 4 aliphatic heterocycles. The number of β-lactam (4-membered cyclic amide) rings is 4. The van der Waals surface area contributed by atoms with Gasteiger partial charge in [0.15, 0.2) is 11.6 Å². The Morgan fingerprint density at radius 3 is 1.23 bits per heavy atom. The number of imidazole rings is 2. The minimum atomic E-state index is -0.922. The smallest absolute Gasteiger partial charge is 0.253 e. The third kappa shape index (κ3) is 23.6. The molecule has 0 unspecified atom stereocenters. The van der Waals surface area contributed by atoms with Crippen LogP contribution in [-0.4, -0.2) is 201 Å². The van der Waals surface area contributed by atoms with Gasteiger partial charge in [0.05, 0.1) is 40.7 Å². The Kier molecular flexibility index (Phi) is 33.5. The predicted molar refractivity (Wildman–Crippen MR) is 532 cm³/mol. The average Bonchev–Trinajstić information content (AvgIpc) is 0.922. The van der Waals surface area contributed by atoms with Crippen LogP contribution in [-0.2, 0) is 111 Å². The van der Waals surface area contributed by atoms with Crippen molar-refractivity contribution in [3.63, 3.8) is 0 Å². The lowest BCUT2D eigenvalue weighted by molar-refractivity contribution is -0.171.